The number of rotatable bonds is 7. The van der Waals surface area contributed by atoms with Gasteiger partial charge >= 0.3 is 0 Å². The van der Waals surface area contributed by atoms with Gasteiger partial charge in [-0.05, 0) is 37.6 Å². The molecular weight excluding hydrogens is 198 g/mol. The molecule has 0 amide bonds. The number of hydrogen-bond acceptors (Lipinski definition) is 3. The van der Waals surface area contributed by atoms with E-state index in [9.17, 15) is 0 Å². The molecule has 0 unspecified atom stereocenters. The van der Waals surface area contributed by atoms with E-state index in [1.54, 1.807) is 0 Å². The third-order valence-electron chi connectivity index (χ3n) is 2.77. The van der Waals surface area contributed by atoms with Crippen LogP contribution in [0, 0.1) is 0 Å². The monoisotopic (exact) mass is 221 g/mol. The molecule has 0 heterocycles. The average molecular weight is 221 g/mol. The van der Waals surface area contributed by atoms with Crippen molar-refractivity contribution < 1.29 is 0 Å². The summed E-state index contributed by atoms with van der Waals surface area (Å²) in [7, 11) is 2.12. The summed E-state index contributed by atoms with van der Waals surface area (Å²) >= 11 is 0. The maximum absolute atomic E-state index is 5.55. The first-order chi connectivity index (χ1) is 7.76. The highest BCUT2D eigenvalue weighted by atomic mass is 15.1. The van der Waals surface area contributed by atoms with Crippen molar-refractivity contribution in [2.45, 2.75) is 19.4 Å². The van der Waals surface area contributed by atoms with Crippen molar-refractivity contribution in [3.05, 3.63) is 35.4 Å². The van der Waals surface area contributed by atoms with Crippen LogP contribution in [0.5, 0.6) is 0 Å². The third-order valence-corrected chi connectivity index (χ3v) is 2.77. The number of nitrogens with zero attached hydrogens (tertiary/aromatic N) is 1. The molecule has 16 heavy (non-hydrogen) atoms. The minimum Gasteiger partial charge on any atom is -0.329 e. The first-order valence-corrected chi connectivity index (χ1v) is 5.92. The normalized spacial score (nSPS) is 11.0. The Labute approximate surface area is 98.4 Å². The van der Waals surface area contributed by atoms with Crippen molar-refractivity contribution >= 4 is 0 Å². The van der Waals surface area contributed by atoms with Gasteiger partial charge in [0, 0.05) is 19.6 Å². The Morgan fingerprint density at radius 2 is 1.62 bits per heavy atom. The zero-order valence-electron chi connectivity index (χ0n) is 10.2. The molecule has 3 nitrogen and oxygen atoms in total. The lowest BCUT2D eigenvalue weighted by Crippen LogP contribution is -2.26. The predicted molar refractivity (Wildman–Crippen MR) is 69.2 cm³/mol. The summed E-state index contributed by atoms with van der Waals surface area (Å²) in [6.45, 7) is 3.45. The van der Waals surface area contributed by atoms with E-state index in [1.807, 2.05) is 0 Å². The summed E-state index contributed by atoms with van der Waals surface area (Å²) in [6.07, 6.45) is 2.30. The van der Waals surface area contributed by atoms with E-state index in [4.69, 9.17) is 11.5 Å². The number of likely N-dealkylation sites (N-methyl/N-ethyl adjacent to an activating group) is 1. The predicted octanol–water partition coefficient (Wildman–Crippen LogP) is 0.968. The Hall–Kier alpha value is -0.900. The van der Waals surface area contributed by atoms with Crippen LogP contribution < -0.4 is 11.5 Å². The van der Waals surface area contributed by atoms with Crippen molar-refractivity contribution in [3.63, 3.8) is 0 Å². The molecule has 4 N–H and O–H groups in total. The van der Waals surface area contributed by atoms with Gasteiger partial charge < -0.3 is 16.4 Å². The summed E-state index contributed by atoms with van der Waals surface area (Å²) in [6, 6.07) is 8.56. The Morgan fingerprint density at radius 3 is 2.19 bits per heavy atom. The van der Waals surface area contributed by atoms with E-state index in [0.29, 0.717) is 6.54 Å². The van der Waals surface area contributed by atoms with Crippen molar-refractivity contribution in [1.29, 1.82) is 0 Å². The van der Waals surface area contributed by atoms with Crippen LogP contribution in [0.2, 0.25) is 0 Å². The molecule has 0 aromatic heterocycles. The Kier molecular flexibility index (Phi) is 6.08. The van der Waals surface area contributed by atoms with Gasteiger partial charge in [0.1, 0.15) is 0 Å². The SMILES string of the molecule is CN(CCN)CCCc1ccc(CN)cc1. The van der Waals surface area contributed by atoms with Gasteiger partial charge in [-0.25, -0.2) is 0 Å². The van der Waals surface area contributed by atoms with E-state index in [1.165, 1.54) is 17.5 Å². The molecule has 1 rings (SSSR count). The molecule has 0 aliphatic rings. The first kappa shape index (κ1) is 13.2. The smallest absolute Gasteiger partial charge is 0.0178 e. The zero-order chi connectivity index (χ0) is 11.8. The fourth-order valence-corrected chi connectivity index (χ4v) is 1.73. The summed E-state index contributed by atoms with van der Waals surface area (Å²) < 4.78 is 0. The summed E-state index contributed by atoms with van der Waals surface area (Å²) in [5.74, 6) is 0. The minimum absolute atomic E-state index is 0.625. The minimum atomic E-state index is 0.625. The summed E-state index contributed by atoms with van der Waals surface area (Å²) in [5.41, 5.74) is 13.6. The van der Waals surface area contributed by atoms with Crippen LogP contribution in [0.15, 0.2) is 24.3 Å². The lowest BCUT2D eigenvalue weighted by atomic mass is 10.1. The van der Waals surface area contributed by atoms with E-state index < -0.39 is 0 Å². The molecule has 0 aliphatic carbocycles. The van der Waals surface area contributed by atoms with E-state index >= 15 is 0 Å². The fourth-order valence-electron chi connectivity index (χ4n) is 1.73. The van der Waals surface area contributed by atoms with Crippen molar-refractivity contribution in [2.75, 3.05) is 26.7 Å². The molecule has 1 aromatic carbocycles. The van der Waals surface area contributed by atoms with E-state index in [2.05, 4.69) is 36.2 Å². The van der Waals surface area contributed by atoms with Gasteiger partial charge in [0.05, 0.1) is 0 Å². The molecular formula is C13H23N3. The molecule has 0 fully saturated rings. The topological polar surface area (TPSA) is 55.3 Å². The van der Waals surface area contributed by atoms with Crippen molar-refractivity contribution in [1.82, 2.24) is 4.90 Å². The molecule has 0 atom stereocenters. The van der Waals surface area contributed by atoms with Crippen LogP contribution in [-0.2, 0) is 13.0 Å². The van der Waals surface area contributed by atoms with Gasteiger partial charge in [-0.1, -0.05) is 24.3 Å². The fraction of sp³-hybridized carbons (Fsp3) is 0.538. The van der Waals surface area contributed by atoms with Crippen LogP contribution >= 0.6 is 0 Å². The van der Waals surface area contributed by atoms with Gasteiger partial charge in [-0.3, -0.25) is 0 Å². The third kappa shape index (κ3) is 4.75. The molecule has 0 aliphatic heterocycles. The molecule has 0 bridgehead atoms. The largest absolute Gasteiger partial charge is 0.329 e. The maximum atomic E-state index is 5.55. The maximum Gasteiger partial charge on any atom is 0.0178 e. The van der Waals surface area contributed by atoms with Crippen LogP contribution in [0.25, 0.3) is 0 Å². The molecule has 3 heteroatoms. The van der Waals surface area contributed by atoms with E-state index in [0.717, 1.165) is 26.1 Å². The molecule has 0 radical (unpaired) electrons. The summed E-state index contributed by atoms with van der Waals surface area (Å²) in [5, 5.41) is 0. The lowest BCUT2D eigenvalue weighted by Gasteiger charge is -2.14. The van der Waals surface area contributed by atoms with Gasteiger partial charge in [-0.15, -0.1) is 0 Å². The molecule has 1 aromatic rings. The van der Waals surface area contributed by atoms with Crippen LogP contribution in [0.3, 0.4) is 0 Å². The number of nitrogens with two attached hydrogens (primary N) is 2. The zero-order valence-corrected chi connectivity index (χ0v) is 10.2. The second kappa shape index (κ2) is 7.39. The van der Waals surface area contributed by atoms with E-state index in [-0.39, 0.29) is 0 Å². The molecule has 0 spiro atoms. The van der Waals surface area contributed by atoms with Crippen molar-refractivity contribution in [3.8, 4) is 0 Å². The van der Waals surface area contributed by atoms with Gasteiger partial charge in [0.15, 0.2) is 0 Å². The van der Waals surface area contributed by atoms with Gasteiger partial charge in [-0.2, -0.15) is 0 Å². The van der Waals surface area contributed by atoms with Gasteiger partial charge in [0.2, 0.25) is 0 Å². The Balaban J connectivity index is 2.26. The van der Waals surface area contributed by atoms with Gasteiger partial charge in [0.25, 0.3) is 0 Å². The lowest BCUT2D eigenvalue weighted by molar-refractivity contribution is 0.338. The molecule has 0 saturated carbocycles. The highest BCUT2D eigenvalue weighted by Gasteiger charge is 1.98. The van der Waals surface area contributed by atoms with Crippen LogP contribution in [0.1, 0.15) is 17.5 Å². The van der Waals surface area contributed by atoms with Crippen LogP contribution in [-0.4, -0.2) is 31.6 Å². The van der Waals surface area contributed by atoms with Crippen LogP contribution in [0.4, 0.5) is 0 Å². The second-order valence-corrected chi connectivity index (χ2v) is 4.22. The number of aryl methyl sites for hydroxylation is 1. The summed E-state index contributed by atoms with van der Waals surface area (Å²) in [4.78, 5) is 2.27. The highest BCUT2D eigenvalue weighted by molar-refractivity contribution is 5.22. The Morgan fingerprint density at radius 1 is 1.00 bits per heavy atom. The number of hydrogen-bond donors (Lipinski definition) is 2. The second-order valence-electron chi connectivity index (χ2n) is 4.22. The molecule has 90 valence electrons. The average Bonchev–Trinajstić information content (AvgIpc) is 2.30. The number of benzene rings is 1. The van der Waals surface area contributed by atoms with Crippen molar-refractivity contribution in [2.24, 2.45) is 11.5 Å². The quantitative estimate of drug-likeness (QED) is 0.721. The highest BCUT2D eigenvalue weighted by Crippen LogP contribution is 2.06. The standard InChI is InChI=1S/C13H23N3/c1-16(10-8-14)9-2-3-12-4-6-13(11-15)7-5-12/h4-7H,2-3,8-11,14-15H2,1H3. The Bertz CT molecular complexity index is 282. The first-order valence-electron chi connectivity index (χ1n) is 5.92. The molecule has 0 saturated heterocycles.